The maximum Gasteiger partial charge on any atom is 0.226 e. The number of benzene rings is 1. The highest BCUT2D eigenvalue weighted by molar-refractivity contribution is 5.85. The third kappa shape index (κ3) is 3.30. The summed E-state index contributed by atoms with van der Waals surface area (Å²) in [5.41, 5.74) is 1.21. The molecule has 6 heteroatoms. The summed E-state index contributed by atoms with van der Waals surface area (Å²) in [5.74, 6) is 0.252. The zero-order valence-electron chi connectivity index (χ0n) is 13.7. The van der Waals surface area contributed by atoms with Gasteiger partial charge in [0.1, 0.15) is 11.9 Å². The van der Waals surface area contributed by atoms with E-state index in [0.29, 0.717) is 25.6 Å². The fourth-order valence-electron chi connectivity index (χ4n) is 4.12. The number of halogens is 2. The normalized spacial score (nSPS) is 28.3. The number of hydrogen-bond acceptors (Lipinski definition) is 3. The van der Waals surface area contributed by atoms with Crippen molar-refractivity contribution in [3.8, 4) is 0 Å². The summed E-state index contributed by atoms with van der Waals surface area (Å²) in [6, 6.07) is 6.40. The van der Waals surface area contributed by atoms with Crippen molar-refractivity contribution in [2.45, 2.75) is 25.4 Å². The van der Waals surface area contributed by atoms with Gasteiger partial charge in [-0.1, -0.05) is 12.1 Å². The van der Waals surface area contributed by atoms with E-state index in [2.05, 4.69) is 5.32 Å². The topological polar surface area (TPSA) is 41.6 Å². The Bertz CT molecular complexity index is 589. The van der Waals surface area contributed by atoms with Crippen LogP contribution in [0.2, 0.25) is 0 Å². The summed E-state index contributed by atoms with van der Waals surface area (Å²) < 4.78 is 18.9. The number of nitrogens with zero attached hydrogens (tertiary/aromatic N) is 1. The SMILES string of the molecule is Cl.O=C(C1CC12CCNCC2)N1CCOC(c2ccc(F)cc2)C1. The van der Waals surface area contributed by atoms with Crippen LogP contribution in [0.25, 0.3) is 0 Å². The molecule has 1 aromatic rings. The van der Waals surface area contributed by atoms with Crippen LogP contribution < -0.4 is 5.32 Å². The van der Waals surface area contributed by atoms with Gasteiger partial charge in [0.25, 0.3) is 0 Å². The van der Waals surface area contributed by atoms with E-state index < -0.39 is 0 Å². The minimum atomic E-state index is -0.247. The molecule has 3 aliphatic rings. The number of ether oxygens (including phenoxy) is 1. The van der Waals surface area contributed by atoms with Crippen molar-refractivity contribution >= 4 is 18.3 Å². The molecule has 4 rings (SSSR count). The van der Waals surface area contributed by atoms with E-state index in [4.69, 9.17) is 4.74 Å². The maximum atomic E-state index is 13.1. The number of hydrogen-bond donors (Lipinski definition) is 1. The van der Waals surface area contributed by atoms with Crippen molar-refractivity contribution < 1.29 is 13.9 Å². The molecule has 132 valence electrons. The molecule has 0 aromatic heterocycles. The minimum absolute atomic E-state index is 0. The van der Waals surface area contributed by atoms with E-state index in [1.165, 1.54) is 12.1 Å². The number of piperidine rings is 1. The first-order valence-corrected chi connectivity index (χ1v) is 8.55. The largest absolute Gasteiger partial charge is 0.370 e. The summed E-state index contributed by atoms with van der Waals surface area (Å²) in [6.45, 7) is 3.86. The second-order valence-corrected chi connectivity index (χ2v) is 7.06. The number of amides is 1. The quantitative estimate of drug-likeness (QED) is 0.887. The molecule has 1 N–H and O–H groups in total. The van der Waals surface area contributed by atoms with Crippen LogP contribution in [0, 0.1) is 17.2 Å². The van der Waals surface area contributed by atoms with E-state index >= 15 is 0 Å². The standard InChI is InChI=1S/C18H23FN2O2.ClH/c19-14-3-1-13(2-4-14)16-12-21(9-10-23-16)17(22)15-11-18(15)5-7-20-8-6-18;/h1-4,15-16,20H,5-12H2;1H. The van der Waals surface area contributed by atoms with Crippen LogP contribution in [0.4, 0.5) is 4.39 Å². The Kier molecular flexibility index (Phi) is 5.13. The molecule has 2 atom stereocenters. The van der Waals surface area contributed by atoms with E-state index in [-0.39, 0.29) is 35.7 Å². The van der Waals surface area contributed by atoms with Crippen LogP contribution in [0.3, 0.4) is 0 Å². The summed E-state index contributed by atoms with van der Waals surface area (Å²) in [4.78, 5) is 14.8. The van der Waals surface area contributed by atoms with Gasteiger partial charge in [0.05, 0.1) is 13.2 Å². The van der Waals surface area contributed by atoms with Crippen LogP contribution in [0.15, 0.2) is 24.3 Å². The van der Waals surface area contributed by atoms with E-state index in [1.54, 1.807) is 12.1 Å². The summed E-state index contributed by atoms with van der Waals surface area (Å²) in [7, 11) is 0. The second kappa shape index (κ2) is 6.98. The van der Waals surface area contributed by atoms with Gasteiger partial charge in [-0.25, -0.2) is 4.39 Å². The second-order valence-electron chi connectivity index (χ2n) is 7.06. The molecule has 2 unspecified atom stereocenters. The van der Waals surface area contributed by atoms with Gasteiger partial charge in [-0.05, 0) is 55.5 Å². The number of morpholine rings is 1. The fourth-order valence-corrected chi connectivity index (χ4v) is 4.12. The van der Waals surface area contributed by atoms with Gasteiger partial charge < -0.3 is 15.0 Å². The minimum Gasteiger partial charge on any atom is -0.370 e. The van der Waals surface area contributed by atoms with Crippen molar-refractivity contribution in [2.24, 2.45) is 11.3 Å². The van der Waals surface area contributed by atoms with Gasteiger partial charge in [0.15, 0.2) is 0 Å². The smallest absolute Gasteiger partial charge is 0.226 e. The lowest BCUT2D eigenvalue weighted by atomic mass is 9.91. The maximum absolute atomic E-state index is 13.1. The lowest BCUT2D eigenvalue weighted by Crippen LogP contribution is -2.44. The zero-order chi connectivity index (χ0) is 15.9. The Labute approximate surface area is 148 Å². The molecule has 0 radical (unpaired) electrons. The average Bonchev–Trinajstić information content (AvgIpc) is 3.28. The van der Waals surface area contributed by atoms with Crippen molar-refractivity contribution in [1.29, 1.82) is 0 Å². The van der Waals surface area contributed by atoms with Crippen LogP contribution in [-0.2, 0) is 9.53 Å². The molecule has 2 heterocycles. The number of rotatable bonds is 2. The van der Waals surface area contributed by atoms with Crippen molar-refractivity contribution in [3.05, 3.63) is 35.6 Å². The monoisotopic (exact) mass is 354 g/mol. The number of carbonyl (C=O) groups is 1. The first-order chi connectivity index (χ1) is 11.2. The van der Waals surface area contributed by atoms with Crippen LogP contribution in [0.1, 0.15) is 30.9 Å². The van der Waals surface area contributed by atoms with Gasteiger partial charge >= 0.3 is 0 Å². The number of nitrogens with one attached hydrogen (secondary N) is 1. The Morgan fingerprint density at radius 3 is 2.67 bits per heavy atom. The molecule has 1 amide bonds. The molecule has 2 aliphatic heterocycles. The Balaban J connectivity index is 0.00000169. The van der Waals surface area contributed by atoms with E-state index in [9.17, 15) is 9.18 Å². The molecule has 0 bridgehead atoms. The first-order valence-electron chi connectivity index (χ1n) is 8.55. The van der Waals surface area contributed by atoms with Gasteiger partial charge in [0, 0.05) is 12.5 Å². The molecular weight excluding hydrogens is 331 g/mol. The first kappa shape index (κ1) is 17.6. The van der Waals surface area contributed by atoms with Crippen LogP contribution in [-0.4, -0.2) is 43.6 Å². The van der Waals surface area contributed by atoms with Crippen molar-refractivity contribution in [3.63, 3.8) is 0 Å². The molecule has 4 nitrogen and oxygen atoms in total. The predicted molar refractivity (Wildman–Crippen MR) is 91.6 cm³/mol. The van der Waals surface area contributed by atoms with Crippen molar-refractivity contribution in [1.82, 2.24) is 10.2 Å². The highest BCUT2D eigenvalue weighted by Gasteiger charge is 2.58. The van der Waals surface area contributed by atoms with E-state index in [0.717, 1.165) is 37.9 Å². The lowest BCUT2D eigenvalue weighted by molar-refractivity contribution is -0.141. The zero-order valence-corrected chi connectivity index (χ0v) is 14.5. The number of carbonyl (C=O) groups excluding carboxylic acids is 1. The van der Waals surface area contributed by atoms with Crippen molar-refractivity contribution in [2.75, 3.05) is 32.8 Å². The Hall–Kier alpha value is -1.17. The van der Waals surface area contributed by atoms with Gasteiger partial charge in [-0.15, -0.1) is 12.4 Å². The lowest BCUT2D eigenvalue weighted by Gasteiger charge is -2.34. The molecule has 3 fully saturated rings. The van der Waals surface area contributed by atoms with Crippen LogP contribution >= 0.6 is 12.4 Å². The third-order valence-electron chi connectivity index (χ3n) is 5.71. The summed E-state index contributed by atoms with van der Waals surface area (Å²) in [6.07, 6.45) is 3.15. The highest BCUT2D eigenvalue weighted by Crippen LogP contribution is 2.59. The molecular formula is C18H24ClFN2O2. The average molecular weight is 355 g/mol. The molecule has 2 saturated heterocycles. The highest BCUT2D eigenvalue weighted by atomic mass is 35.5. The Morgan fingerprint density at radius 2 is 1.96 bits per heavy atom. The molecule has 1 spiro atoms. The molecule has 24 heavy (non-hydrogen) atoms. The summed E-state index contributed by atoms with van der Waals surface area (Å²) >= 11 is 0. The molecule has 1 aromatic carbocycles. The fraction of sp³-hybridized carbons (Fsp3) is 0.611. The van der Waals surface area contributed by atoms with Gasteiger partial charge in [-0.3, -0.25) is 4.79 Å². The summed E-state index contributed by atoms with van der Waals surface area (Å²) in [5, 5.41) is 3.38. The van der Waals surface area contributed by atoms with Gasteiger partial charge in [-0.2, -0.15) is 0 Å². The predicted octanol–water partition coefficient (Wildman–Crippen LogP) is 2.54. The Morgan fingerprint density at radius 1 is 1.25 bits per heavy atom. The molecule has 1 aliphatic carbocycles. The molecule has 1 saturated carbocycles. The van der Waals surface area contributed by atoms with Crippen LogP contribution in [0.5, 0.6) is 0 Å². The van der Waals surface area contributed by atoms with E-state index in [1.807, 2.05) is 4.90 Å². The third-order valence-corrected chi connectivity index (χ3v) is 5.71. The van der Waals surface area contributed by atoms with Gasteiger partial charge in [0.2, 0.25) is 5.91 Å².